The molecule has 1 unspecified atom stereocenters. The Morgan fingerprint density at radius 1 is 1.00 bits per heavy atom. The van der Waals surface area contributed by atoms with Crippen LogP contribution in [0.1, 0.15) is 110 Å². The van der Waals surface area contributed by atoms with Gasteiger partial charge in [-0.25, -0.2) is 4.39 Å². The average Bonchev–Trinajstić information content (AvgIpc) is 3.87. The molecule has 3 aromatic rings. The number of benzene rings is 3. The van der Waals surface area contributed by atoms with E-state index in [9.17, 15) is 28.8 Å². The molecule has 8 rings (SSSR count). The van der Waals surface area contributed by atoms with Crippen LogP contribution in [0.5, 0.6) is 0 Å². The van der Waals surface area contributed by atoms with Crippen molar-refractivity contribution in [2.24, 2.45) is 11.3 Å². The molecule has 5 N–H and O–H groups in total. The van der Waals surface area contributed by atoms with Crippen molar-refractivity contribution in [3.63, 3.8) is 0 Å². The minimum absolute atomic E-state index is 0.0251. The van der Waals surface area contributed by atoms with E-state index in [2.05, 4.69) is 47.0 Å². The van der Waals surface area contributed by atoms with Crippen LogP contribution in [0.25, 0.3) is 6.08 Å². The van der Waals surface area contributed by atoms with E-state index in [1.165, 1.54) is 23.1 Å². The molecule has 2 spiro atoms. The first-order valence-electron chi connectivity index (χ1n) is 22.3. The molecule has 4 heterocycles. The van der Waals surface area contributed by atoms with E-state index in [0.717, 1.165) is 29.5 Å². The zero-order valence-corrected chi connectivity index (χ0v) is 38.6. The average molecular weight is 936 g/mol. The molecule has 1 aliphatic carbocycles. The van der Waals surface area contributed by atoms with E-state index in [1.807, 2.05) is 25.1 Å². The number of nitrogens with zero attached hydrogens (tertiary/aromatic N) is 1. The quantitative estimate of drug-likeness (QED) is 0.0689. The second-order valence-electron chi connectivity index (χ2n) is 18.8. The molecule has 2 saturated heterocycles. The number of anilines is 2. The van der Waals surface area contributed by atoms with Gasteiger partial charge < -0.3 is 20.9 Å². The molecule has 3 aromatic carbocycles. The molecule has 5 aliphatic rings. The summed E-state index contributed by atoms with van der Waals surface area (Å²) in [5.74, 6) is -4.18. The van der Waals surface area contributed by atoms with Crippen molar-refractivity contribution in [3.8, 4) is 0 Å². The Hall–Kier alpha value is -5.89. The third-order valence-electron chi connectivity index (χ3n) is 14.0. The van der Waals surface area contributed by atoms with E-state index in [-0.39, 0.29) is 41.1 Å². The van der Waals surface area contributed by atoms with Crippen LogP contribution in [0.15, 0.2) is 102 Å². The molecule has 1 saturated carbocycles. The van der Waals surface area contributed by atoms with Crippen molar-refractivity contribution in [2.75, 3.05) is 17.2 Å². The molecular weight excluding hydrogens is 883 g/mol. The first-order chi connectivity index (χ1) is 31.4. The fourth-order valence-electron chi connectivity index (χ4n) is 10.6. The fourth-order valence-corrected chi connectivity index (χ4v) is 10.9. The summed E-state index contributed by atoms with van der Waals surface area (Å²) in [5, 5.41) is 15.4. The Labute approximate surface area is 393 Å². The van der Waals surface area contributed by atoms with Crippen LogP contribution in [-0.2, 0) is 31.1 Å². The number of nitrogens with one attached hydrogen (secondary N) is 5. The zero-order chi connectivity index (χ0) is 47.1. The zero-order valence-electron chi connectivity index (χ0n) is 37.1. The molecule has 4 atom stereocenters. The molecule has 0 radical (unpaired) electrons. The highest BCUT2D eigenvalue weighted by atomic mass is 35.5. The van der Waals surface area contributed by atoms with Crippen molar-refractivity contribution in [1.82, 2.24) is 20.9 Å². The van der Waals surface area contributed by atoms with Crippen LogP contribution in [0.3, 0.4) is 0 Å². The van der Waals surface area contributed by atoms with Gasteiger partial charge in [-0.3, -0.25) is 39.4 Å². The van der Waals surface area contributed by atoms with Crippen molar-refractivity contribution < 1.29 is 33.2 Å². The Kier molecular flexibility index (Phi) is 13.0. The number of rotatable bonds is 12. The molecule has 0 bridgehead atoms. The van der Waals surface area contributed by atoms with Gasteiger partial charge in [0.2, 0.25) is 23.6 Å². The van der Waals surface area contributed by atoms with Crippen LogP contribution in [0.4, 0.5) is 15.8 Å². The van der Waals surface area contributed by atoms with Gasteiger partial charge in [-0.2, -0.15) is 0 Å². The molecule has 0 aromatic heterocycles. The monoisotopic (exact) mass is 934 g/mol. The summed E-state index contributed by atoms with van der Waals surface area (Å²) in [4.78, 5) is 81.3. The van der Waals surface area contributed by atoms with Crippen LogP contribution in [-0.4, -0.2) is 64.5 Å². The van der Waals surface area contributed by atoms with Gasteiger partial charge in [-0.15, -0.1) is 0 Å². The second kappa shape index (κ2) is 18.4. The predicted octanol–water partition coefficient (Wildman–Crippen LogP) is 8.63. The number of imide groups is 1. The molecular formula is C51H53Cl2FN6O6. The van der Waals surface area contributed by atoms with E-state index in [0.29, 0.717) is 71.7 Å². The van der Waals surface area contributed by atoms with Crippen molar-refractivity contribution in [1.29, 1.82) is 0 Å². The number of carbonyl (C=O) groups excluding carboxylic acids is 6. The second-order valence-corrected chi connectivity index (χ2v) is 19.8. The molecule has 15 heteroatoms. The summed E-state index contributed by atoms with van der Waals surface area (Å²) < 4.78 is 17.0. The van der Waals surface area contributed by atoms with Gasteiger partial charge in [0.25, 0.3) is 11.8 Å². The third kappa shape index (κ3) is 8.76. The highest BCUT2D eigenvalue weighted by Crippen LogP contribution is 2.62. The van der Waals surface area contributed by atoms with Crippen LogP contribution in [0.2, 0.25) is 5.02 Å². The van der Waals surface area contributed by atoms with E-state index < -0.39 is 52.5 Å². The fraction of sp³-hybridized carbons (Fsp3) is 0.373. The lowest BCUT2D eigenvalue weighted by Crippen LogP contribution is -2.61. The highest BCUT2D eigenvalue weighted by molar-refractivity contribution is 6.31. The first kappa shape index (κ1) is 46.6. The van der Waals surface area contributed by atoms with Gasteiger partial charge in [0.1, 0.15) is 17.3 Å². The molecule has 6 amide bonds. The van der Waals surface area contributed by atoms with Crippen LogP contribution in [0, 0.1) is 11.3 Å². The molecule has 12 nitrogen and oxygen atoms in total. The lowest BCUT2D eigenvalue weighted by Gasteiger charge is -2.50. The summed E-state index contributed by atoms with van der Waals surface area (Å²) in [5.41, 5.74) is 2.63. The Bertz CT molecular complexity index is 2630. The van der Waals surface area contributed by atoms with Gasteiger partial charge in [0.05, 0.1) is 12.0 Å². The number of allylic oxidation sites excluding steroid dienone is 5. The summed E-state index contributed by atoms with van der Waals surface area (Å²) in [6, 6.07) is 15.2. The lowest BCUT2D eigenvalue weighted by molar-refractivity contribution is -0.137. The van der Waals surface area contributed by atoms with Crippen molar-refractivity contribution in [2.45, 2.75) is 102 Å². The maximum Gasteiger partial charge on any atom is 0.255 e. The number of hydrogen-bond acceptors (Lipinski definition) is 7. The summed E-state index contributed by atoms with van der Waals surface area (Å²) >= 11 is 12.4. The van der Waals surface area contributed by atoms with Crippen LogP contribution < -0.4 is 26.6 Å². The van der Waals surface area contributed by atoms with E-state index in [1.54, 1.807) is 48.5 Å². The normalized spacial score (nSPS) is 24.4. The van der Waals surface area contributed by atoms with Gasteiger partial charge in [0, 0.05) is 57.6 Å². The number of hydrogen-bond donors (Lipinski definition) is 5. The minimum atomic E-state index is -1.50. The smallest absolute Gasteiger partial charge is 0.255 e. The Morgan fingerprint density at radius 2 is 1.74 bits per heavy atom. The molecule has 344 valence electrons. The third-order valence-corrected chi connectivity index (χ3v) is 14.4. The lowest BCUT2D eigenvalue weighted by atomic mass is 9.54. The number of halogens is 3. The van der Waals surface area contributed by atoms with Gasteiger partial charge in [0.15, 0.2) is 0 Å². The minimum Gasteiger partial charge on any atom is -0.352 e. The standard InChI is InChI=1S/C51H53Cl2FN6O6/c1-29(26-32-10-6-11-35-36(32)28-60(47(35)65)40-19-20-41(61)58-45(40)63)8-7-25-55-44(62)31-13-16-34(17-14-31)56-46(64)43-42(38(54)12-5-9-30(2)52)51(50(59-43)23-21-49(3,4)22-24-50)37-18-15-33(53)27-39(37)57-48(51)66/h5-6,9-18,26-27,40,42-43,59H,2,7-8,19-25,28H2,1,3-4H3,(H,55,62)(H,56,64)(H,57,66)(H,58,61,63)/b9-5-,29-26+,38-12-/t40?,42-,43+,51+/m0/s1. The Morgan fingerprint density at radius 3 is 2.45 bits per heavy atom. The van der Waals surface area contributed by atoms with E-state index in [4.69, 9.17) is 23.2 Å². The SMILES string of the molecule is C=C(Cl)/C=C\C=C(/F)[C@H]1[C@H](C(=O)Nc2ccc(C(=O)NCCC/C(C)=C/c3cccc4c3CN(C3CCC(=O)NC3=O)C4=O)cc2)NC2(CCC(C)(C)CC2)[C@@]12C(=O)Nc1cc(Cl)ccc12. The van der Waals surface area contributed by atoms with Gasteiger partial charge in [-0.1, -0.05) is 79.6 Å². The Balaban J connectivity index is 0.933. The van der Waals surface area contributed by atoms with Crippen molar-refractivity contribution >= 4 is 76.1 Å². The summed E-state index contributed by atoms with van der Waals surface area (Å²) in [6.07, 6.45) is 10.4. The summed E-state index contributed by atoms with van der Waals surface area (Å²) in [6.45, 7) is 10.6. The molecule has 66 heavy (non-hydrogen) atoms. The number of fused-ring (bicyclic) bond motifs is 4. The maximum absolute atomic E-state index is 17.0. The summed E-state index contributed by atoms with van der Waals surface area (Å²) in [7, 11) is 0. The first-order valence-corrected chi connectivity index (χ1v) is 23.1. The predicted molar refractivity (Wildman–Crippen MR) is 253 cm³/mol. The maximum atomic E-state index is 17.0. The molecule has 4 aliphatic heterocycles. The van der Waals surface area contributed by atoms with Crippen molar-refractivity contribution in [3.05, 3.63) is 135 Å². The van der Waals surface area contributed by atoms with Gasteiger partial charge in [-0.05, 0) is 129 Å². The number of amides is 6. The highest BCUT2D eigenvalue weighted by Gasteiger charge is 2.73. The van der Waals surface area contributed by atoms with E-state index >= 15 is 4.39 Å². The number of carbonyl (C=O) groups is 6. The van der Waals surface area contributed by atoms with Crippen LogP contribution >= 0.6 is 23.2 Å². The number of piperidine rings is 1. The van der Waals surface area contributed by atoms with Gasteiger partial charge >= 0.3 is 0 Å². The largest absolute Gasteiger partial charge is 0.352 e. The topological polar surface area (TPSA) is 166 Å². The molecule has 3 fully saturated rings.